The number of nitrogens with one attached hydrogen (secondary N) is 1. The largest absolute Gasteiger partial charge is 0.497 e. The Labute approximate surface area is 275 Å². The summed E-state index contributed by atoms with van der Waals surface area (Å²) in [6.45, 7) is 2.18. The molecule has 232 valence electrons. The Bertz CT molecular complexity index is 2340. The number of carbonyl (C=O) groups is 1. The van der Waals surface area contributed by atoms with E-state index in [0.29, 0.717) is 44.4 Å². The van der Waals surface area contributed by atoms with Crippen LogP contribution in [0.3, 0.4) is 0 Å². The lowest BCUT2D eigenvalue weighted by Crippen LogP contribution is -2.40. The molecule has 1 atom stereocenters. The Balaban J connectivity index is 1.29. The molecule has 47 heavy (non-hydrogen) atoms. The van der Waals surface area contributed by atoms with Crippen molar-refractivity contribution < 1.29 is 14.3 Å². The predicted molar refractivity (Wildman–Crippen MR) is 187 cm³/mol. The molecule has 5 aromatic carbocycles. The number of anilines is 1. The molecular weight excluding hydrogens is 607 g/mol. The van der Waals surface area contributed by atoms with Crippen molar-refractivity contribution in [1.82, 2.24) is 4.57 Å². The summed E-state index contributed by atoms with van der Waals surface area (Å²) >= 11 is 1.29. The van der Waals surface area contributed by atoms with Crippen molar-refractivity contribution in [1.29, 1.82) is 0 Å². The molecule has 1 aliphatic rings. The van der Waals surface area contributed by atoms with E-state index in [0.717, 1.165) is 27.5 Å². The summed E-state index contributed by atoms with van der Waals surface area (Å²) < 4.78 is 14.0. The summed E-state index contributed by atoms with van der Waals surface area (Å²) in [5.74, 6) is 0.959. The molecule has 1 N–H and O–H groups in total. The van der Waals surface area contributed by atoms with Crippen molar-refractivity contribution in [3.63, 3.8) is 0 Å². The maximum Gasteiger partial charge on any atom is 0.271 e. The molecule has 0 unspecified atom stereocenters. The third kappa shape index (κ3) is 5.98. The lowest BCUT2D eigenvalue weighted by atomic mass is 9.95. The lowest BCUT2D eigenvalue weighted by molar-refractivity contribution is -0.113. The van der Waals surface area contributed by atoms with Crippen LogP contribution < -0.4 is 29.7 Å². The Hall–Kier alpha value is -5.73. The van der Waals surface area contributed by atoms with Gasteiger partial charge in [0.2, 0.25) is 0 Å². The molecule has 0 saturated carbocycles. The second kappa shape index (κ2) is 12.9. The number of carbonyl (C=O) groups excluding carboxylic acids is 1. The van der Waals surface area contributed by atoms with Gasteiger partial charge in [0.05, 0.1) is 29.0 Å². The molecule has 0 saturated heterocycles. The number of amides is 1. The summed E-state index contributed by atoms with van der Waals surface area (Å²) in [6, 6.07) is 38.1. The van der Waals surface area contributed by atoms with Gasteiger partial charge >= 0.3 is 0 Å². The van der Waals surface area contributed by atoms with E-state index < -0.39 is 6.04 Å². The fraction of sp³-hybridized carbons (Fsp3) is 0.103. The number of hydrogen-bond acceptors (Lipinski definition) is 6. The van der Waals surface area contributed by atoms with E-state index in [1.165, 1.54) is 11.3 Å². The Kier molecular flexibility index (Phi) is 8.25. The number of aromatic nitrogens is 1. The van der Waals surface area contributed by atoms with Crippen molar-refractivity contribution in [3.8, 4) is 11.5 Å². The standard InChI is InChI=1S/C39H31N3O4S/c1-25-35(37(43)41-30-17-4-3-5-18-30)36(28-15-11-19-31(22-28)45-2)42-38(44)34(47-39(42)40-25)23-27-13-7-9-21-33(27)46-24-29-16-10-14-26-12-6-8-20-32(26)29/h3-23,36H,24H2,1-2H3,(H,41,43)/b34-23+/t36-/m1/s1. The van der Waals surface area contributed by atoms with Crippen LogP contribution in [0.15, 0.2) is 142 Å². The van der Waals surface area contributed by atoms with Gasteiger partial charge in [0, 0.05) is 11.3 Å². The fourth-order valence-electron chi connectivity index (χ4n) is 5.91. The SMILES string of the molecule is COc1cccc([C@@H]2C(C(=O)Nc3ccccc3)=C(C)N=c3s/c(=C/c4ccccc4OCc4cccc5ccccc45)c(=O)n32)c1. The molecule has 0 aliphatic carbocycles. The second-order valence-corrected chi connectivity index (χ2v) is 12.2. The smallest absolute Gasteiger partial charge is 0.271 e. The molecule has 1 aromatic heterocycles. The number of methoxy groups -OCH3 is 1. The van der Waals surface area contributed by atoms with Gasteiger partial charge in [-0.05, 0) is 65.2 Å². The molecule has 2 heterocycles. The van der Waals surface area contributed by atoms with Crippen LogP contribution in [0.4, 0.5) is 5.69 Å². The van der Waals surface area contributed by atoms with Gasteiger partial charge in [-0.15, -0.1) is 0 Å². The van der Waals surface area contributed by atoms with Crippen LogP contribution in [0.1, 0.15) is 29.7 Å². The minimum Gasteiger partial charge on any atom is -0.497 e. The number of benzene rings is 5. The van der Waals surface area contributed by atoms with E-state index in [2.05, 4.69) is 29.6 Å². The molecule has 7 nitrogen and oxygen atoms in total. The maximum absolute atomic E-state index is 14.3. The molecule has 7 rings (SSSR count). The fourth-order valence-corrected chi connectivity index (χ4v) is 6.94. The lowest BCUT2D eigenvalue weighted by Gasteiger charge is -2.25. The Morgan fingerprint density at radius 3 is 2.51 bits per heavy atom. The van der Waals surface area contributed by atoms with E-state index in [1.54, 1.807) is 18.6 Å². The maximum atomic E-state index is 14.3. The number of para-hydroxylation sites is 2. The topological polar surface area (TPSA) is 81.9 Å². The van der Waals surface area contributed by atoms with Crippen molar-refractivity contribution in [2.24, 2.45) is 4.99 Å². The first-order chi connectivity index (χ1) is 23.0. The highest BCUT2D eigenvalue weighted by atomic mass is 32.1. The van der Waals surface area contributed by atoms with E-state index in [1.807, 2.05) is 103 Å². The number of fused-ring (bicyclic) bond motifs is 2. The molecule has 0 bridgehead atoms. The number of rotatable bonds is 8. The highest BCUT2D eigenvalue weighted by Gasteiger charge is 2.32. The number of allylic oxidation sites excluding steroid dienone is 1. The van der Waals surface area contributed by atoms with E-state index >= 15 is 0 Å². The first-order valence-corrected chi connectivity index (χ1v) is 16.0. The minimum absolute atomic E-state index is 0.247. The number of hydrogen-bond donors (Lipinski definition) is 1. The summed E-state index contributed by atoms with van der Waals surface area (Å²) in [4.78, 5) is 33.4. The Morgan fingerprint density at radius 1 is 0.915 bits per heavy atom. The third-order valence-corrected chi connectivity index (χ3v) is 9.16. The van der Waals surface area contributed by atoms with E-state index in [-0.39, 0.29) is 11.5 Å². The first-order valence-electron chi connectivity index (χ1n) is 15.2. The van der Waals surface area contributed by atoms with E-state index in [9.17, 15) is 9.59 Å². The zero-order valence-electron chi connectivity index (χ0n) is 25.8. The van der Waals surface area contributed by atoms with Crippen LogP contribution in [-0.2, 0) is 11.4 Å². The van der Waals surface area contributed by atoms with Crippen molar-refractivity contribution in [2.45, 2.75) is 19.6 Å². The zero-order valence-corrected chi connectivity index (χ0v) is 26.7. The molecular formula is C39H31N3O4S. The van der Waals surface area contributed by atoms with Gasteiger partial charge in [0.15, 0.2) is 4.80 Å². The van der Waals surface area contributed by atoms with Gasteiger partial charge in [0.25, 0.3) is 11.5 Å². The van der Waals surface area contributed by atoms with Crippen molar-refractivity contribution >= 4 is 39.8 Å². The van der Waals surface area contributed by atoms with Crippen LogP contribution in [0.25, 0.3) is 16.8 Å². The van der Waals surface area contributed by atoms with Crippen LogP contribution in [-0.4, -0.2) is 17.6 Å². The molecule has 1 amide bonds. The molecule has 0 spiro atoms. The van der Waals surface area contributed by atoms with Gasteiger partial charge in [-0.2, -0.15) is 0 Å². The Morgan fingerprint density at radius 2 is 1.66 bits per heavy atom. The van der Waals surface area contributed by atoms with Crippen LogP contribution in [0.5, 0.6) is 11.5 Å². The van der Waals surface area contributed by atoms with Gasteiger partial charge < -0.3 is 14.8 Å². The van der Waals surface area contributed by atoms with Gasteiger partial charge in [-0.25, -0.2) is 4.99 Å². The minimum atomic E-state index is -0.718. The van der Waals surface area contributed by atoms with Crippen molar-refractivity contribution in [3.05, 3.63) is 169 Å². The van der Waals surface area contributed by atoms with Gasteiger partial charge in [0.1, 0.15) is 18.1 Å². The highest BCUT2D eigenvalue weighted by molar-refractivity contribution is 7.07. The van der Waals surface area contributed by atoms with Gasteiger partial charge in [-0.1, -0.05) is 102 Å². The van der Waals surface area contributed by atoms with Gasteiger partial charge in [-0.3, -0.25) is 14.2 Å². The summed E-state index contributed by atoms with van der Waals surface area (Å²) in [5, 5.41) is 5.28. The average Bonchev–Trinajstić information content (AvgIpc) is 3.41. The number of nitrogens with zero attached hydrogens (tertiary/aromatic N) is 2. The molecule has 8 heteroatoms. The quantitative estimate of drug-likeness (QED) is 0.204. The first kappa shape index (κ1) is 30.0. The summed E-state index contributed by atoms with van der Waals surface area (Å²) in [7, 11) is 1.59. The monoisotopic (exact) mass is 637 g/mol. The predicted octanol–water partition coefficient (Wildman–Crippen LogP) is 6.61. The summed E-state index contributed by atoms with van der Waals surface area (Å²) in [5.41, 5.74) is 3.92. The number of thiazole rings is 1. The molecule has 0 radical (unpaired) electrons. The molecule has 1 aliphatic heterocycles. The second-order valence-electron chi connectivity index (χ2n) is 11.1. The molecule has 6 aromatic rings. The van der Waals surface area contributed by atoms with Crippen LogP contribution in [0, 0.1) is 0 Å². The normalized spacial score (nSPS) is 14.4. The van der Waals surface area contributed by atoms with Crippen molar-refractivity contribution in [2.75, 3.05) is 12.4 Å². The third-order valence-electron chi connectivity index (χ3n) is 8.18. The average molecular weight is 638 g/mol. The molecule has 0 fully saturated rings. The highest BCUT2D eigenvalue weighted by Crippen LogP contribution is 2.32. The van der Waals surface area contributed by atoms with E-state index in [4.69, 9.17) is 14.5 Å². The van der Waals surface area contributed by atoms with Crippen LogP contribution >= 0.6 is 11.3 Å². The zero-order chi connectivity index (χ0) is 32.3. The number of ether oxygens (including phenoxy) is 2. The van der Waals surface area contributed by atoms with Crippen LogP contribution in [0.2, 0.25) is 0 Å². The summed E-state index contributed by atoms with van der Waals surface area (Å²) in [6.07, 6.45) is 1.84.